The molecule has 4 nitrogen and oxygen atoms in total. The highest BCUT2D eigenvalue weighted by Gasteiger charge is 2.15. The summed E-state index contributed by atoms with van der Waals surface area (Å²) in [6.07, 6.45) is 1.90. The van der Waals surface area contributed by atoms with E-state index in [4.69, 9.17) is 19.3 Å². The van der Waals surface area contributed by atoms with Crippen LogP contribution < -0.4 is 0 Å². The lowest BCUT2D eigenvalue weighted by atomic mass is 10.3. The Morgan fingerprint density at radius 1 is 1.13 bits per heavy atom. The molecule has 0 aliphatic heterocycles. The van der Waals surface area contributed by atoms with E-state index in [1.807, 2.05) is 20.8 Å². The molecule has 0 saturated carbocycles. The van der Waals surface area contributed by atoms with Gasteiger partial charge in [-0.25, -0.2) is 0 Å². The van der Waals surface area contributed by atoms with E-state index in [1.165, 1.54) is 0 Å². The Morgan fingerprint density at radius 2 is 1.73 bits per heavy atom. The molecule has 4 heteroatoms. The molecule has 0 atom stereocenters. The Bertz CT molecular complexity index is 162. The van der Waals surface area contributed by atoms with E-state index >= 15 is 0 Å². The van der Waals surface area contributed by atoms with Crippen molar-refractivity contribution in [3.05, 3.63) is 11.8 Å². The average molecular weight is 218 g/mol. The zero-order valence-corrected chi connectivity index (χ0v) is 9.86. The van der Waals surface area contributed by atoms with Crippen molar-refractivity contribution in [3.8, 4) is 0 Å². The fraction of sp³-hybridized carbons (Fsp3) is 0.818. The summed E-state index contributed by atoms with van der Waals surface area (Å²) in [6, 6.07) is 0. The van der Waals surface area contributed by atoms with Gasteiger partial charge in [-0.2, -0.15) is 0 Å². The molecule has 0 aromatic heterocycles. The van der Waals surface area contributed by atoms with Crippen molar-refractivity contribution in [3.63, 3.8) is 0 Å². The molecule has 0 aliphatic carbocycles. The minimum Gasteiger partial charge on any atom is -0.493 e. The van der Waals surface area contributed by atoms with Gasteiger partial charge in [0.2, 0.25) is 6.29 Å². The van der Waals surface area contributed by atoms with Crippen LogP contribution in [0.5, 0.6) is 0 Å². The Morgan fingerprint density at radius 3 is 2.13 bits per heavy atom. The van der Waals surface area contributed by atoms with Crippen molar-refractivity contribution in [2.75, 3.05) is 26.4 Å². The first-order valence-corrected chi connectivity index (χ1v) is 5.46. The summed E-state index contributed by atoms with van der Waals surface area (Å²) in [6.45, 7) is 7.50. The van der Waals surface area contributed by atoms with Gasteiger partial charge in [-0.1, -0.05) is 0 Å². The molecule has 90 valence electrons. The first-order valence-electron chi connectivity index (χ1n) is 5.46. The van der Waals surface area contributed by atoms with Crippen molar-refractivity contribution in [1.82, 2.24) is 0 Å². The second-order valence-electron chi connectivity index (χ2n) is 2.79. The highest BCUT2D eigenvalue weighted by molar-refractivity contribution is 4.97. The predicted molar refractivity (Wildman–Crippen MR) is 58.5 cm³/mol. The number of hydrogen-bond donors (Lipinski definition) is 1. The highest BCUT2D eigenvalue weighted by atomic mass is 16.7. The molecule has 0 bridgehead atoms. The van der Waals surface area contributed by atoms with E-state index in [0.29, 0.717) is 32.0 Å². The van der Waals surface area contributed by atoms with E-state index in [0.717, 1.165) is 0 Å². The molecule has 0 spiro atoms. The zero-order valence-electron chi connectivity index (χ0n) is 9.86. The first kappa shape index (κ1) is 14.4. The SMILES string of the molecule is CCO/C(=C\CCO)C(OCC)OCC. The normalized spacial score (nSPS) is 12.2. The fourth-order valence-corrected chi connectivity index (χ4v) is 1.11. The van der Waals surface area contributed by atoms with Crippen LogP contribution in [-0.2, 0) is 14.2 Å². The maximum atomic E-state index is 8.74. The number of rotatable bonds is 9. The van der Waals surface area contributed by atoms with E-state index in [9.17, 15) is 0 Å². The summed E-state index contributed by atoms with van der Waals surface area (Å²) < 4.78 is 16.2. The molecule has 0 aliphatic rings. The summed E-state index contributed by atoms with van der Waals surface area (Å²) in [5.74, 6) is 0.648. The van der Waals surface area contributed by atoms with Gasteiger partial charge in [-0.15, -0.1) is 0 Å². The lowest BCUT2D eigenvalue weighted by molar-refractivity contribution is -0.136. The van der Waals surface area contributed by atoms with Gasteiger partial charge in [0.15, 0.2) is 0 Å². The van der Waals surface area contributed by atoms with Gasteiger partial charge in [-0.3, -0.25) is 0 Å². The van der Waals surface area contributed by atoms with Gasteiger partial charge in [0, 0.05) is 19.8 Å². The largest absolute Gasteiger partial charge is 0.493 e. The third kappa shape index (κ3) is 6.49. The summed E-state index contributed by atoms with van der Waals surface area (Å²) in [4.78, 5) is 0. The monoisotopic (exact) mass is 218 g/mol. The molecule has 0 rings (SSSR count). The van der Waals surface area contributed by atoms with E-state index in [2.05, 4.69) is 0 Å². The van der Waals surface area contributed by atoms with Crippen molar-refractivity contribution in [2.45, 2.75) is 33.5 Å². The second-order valence-corrected chi connectivity index (χ2v) is 2.79. The smallest absolute Gasteiger partial charge is 0.216 e. The fourth-order valence-electron chi connectivity index (χ4n) is 1.11. The Hall–Kier alpha value is -0.580. The zero-order chi connectivity index (χ0) is 11.5. The van der Waals surface area contributed by atoms with Gasteiger partial charge < -0.3 is 19.3 Å². The summed E-state index contributed by atoms with van der Waals surface area (Å²) in [5, 5.41) is 8.74. The van der Waals surface area contributed by atoms with Crippen LogP contribution in [0, 0.1) is 0 Å². The minimum absolute atomic E-state index is 0.0988. The van der Waals surface area contributed by atoms with E-state index < -0.39 is 6.29 Å². The topological polar surface area (TPSA) is 47.9 Å². The van der Waals surface area contributed by atoms with Crippen molar-refractivity contribution < 1.29 is 19.3 Å². The molecule has 0 fully saturated rings. The summed E-state index contributed by atoms with van der Waals surface area (Å²) >= 11 is 0. The van der Waals surface area contributed by atoms with Crippen LogP contribution in [0.3, 0.4) is 0 Å². The standard InChI is InChI=1S/C11H22O4/c1-4-13-10(8-7-9-12)11(14-5-2)15-6-3/h8,11-12H,4-7,9H2,1-3H3/b10-8-. The average Bonchev–Trinajstić information content (AvgIpc) is 2.24. The number of aliphatic hydroxyl groups is 1. The molecule has 1 N–H and O–H groups in total. The van der Waals surface area contributed by atoms with Gasteiger partial charge >= 0.3 is 0 Å². The van der Waals surface area contributed by atoms with Crippen LogP contribution >= 0.6 is 0 Å². The molecular formula is C11H22O4. The van der Waals surface area contributed by atoms with Gasteiger partial charge in [0.25, 0.3) is 0 Å². The molecule has 0 aromatic rings. The van der Waals surface area contributed by atoms with Crippen LogP contribution in [0.1, 0.15) is 27.2 Å². The molecule has 0 saturated heterocycles. The number of aliphatic hydroxyl groups excluding tert-OH is 1. The minimum atomic E-state index is -0.452. The van der Waals surface area contributed by atoms with Crippen LogP contribution in [0.15, 0.2) is 11.8 Å². The highest BCUT2D eigenvalue weighted by Crippen LogP contribution is 2.11. The molecule has 0 amide bonds. The Balaban J connectivity index is 4.35. The van der Waals surface area contributed by atoms with Gasteiger partial charge in [0.1, 0.15) is 5.76 Å². The van der Waals surface area contributed by atoms with Crippen LogP contribution in [0.4, 0.5) is 0 Å². The van der Waals surface area contributed by atoms with Crippen molar-refractivity contribution >= 4 is 0 Å². The second kappa shape index (κ2) is 9.96. The third-order valence-electron chi connectivity index (χ3n) is 1.65. The summed E-state index contributed by atoms with van der Waals surface area (Å²) in [7, 11) is 0. The lowest BCUT2D eigenvalue weighted by Crippen LogP contribution is -2.22. The Labute approximate surface area is 91.8 Å². The Kier molecular flexibility index (Phi) is 9.57. The molecule has 0 unspecified atom stereocenters. The van der Waals surface area contributed by atoms with Gasteiger partial charge in [0.05, 0.1) is 6.61 Å². The third-order valence-corrected chi connectivity index (χ3v) is 1.65. The van der Waals surface area contributed by atoms with Crippen molar-refractivity contribution in [1.29, 1.82) is 0 Å². The number of hydrogen-bond acceptors (Lipinski definition) is 4. The summed E-state index contributed by atoms with van der Waals surface area (Å²) in [5.41, 5.74) is 0. The maximum Gasteiger partial charge on any atom is 0.216 e. The molecule has 15 heavy (non-hydrogen) atoms. The van der Waals surface area contributed by atoms with Crippen molar-refractivity contribution in [2.24, 2.45) is 0 Å². The molecule has 0 radical (unpaired) electrons. The first-order chi connectivity index (χ1) is 7.29. The molecule has 0 aromatic carbocycles. The van der Waals surface area contributed by atoms with E-state index in [-0.39, 0.29) is 6.61 Å². The maximum absolute atomic E-state index is 8.74. The van der Waals surface area contributed by atoms with E-state index in [1.54, 1.807) is 6.08 Å². The quantitative estimate of drug-likeness (QED) is 0.472. The van der Waals surface area contributed by atoms with Crippen LogP contribution in [0.2, 0.25) is 0 Å². The van der Waals surface area contributed by atoms with Crippen LogP contribution in [-0.4, -0.2) is 37.8 Å². The van der Waals surface area contributed by atoms with Crippen LogP contribution in [0.25, 0.3) is 0 Å². The lowest BCUT2D eigenvalue weighted by Gasteiger charge is -2.20. The molecule has 0 heterocycles. The molecular weight excluding hydrogens is 196 g/mol. The number of ether oxygens (including phenoxy) is 3. The predicted octanol–water partition coefficient (Wildman–Crippen LogP) is 1.69. The van der Waals surface area contributed by atoms with Gasteiger partial charge in [-0.05, 0) is 33.3 Å².